The van der Waals surface area contributed by atoms with E-state index in [1.54, 1.807) is 5.51 Å². The fourth-order valence-electron chi connectivity index (χ4n) is 2.36. The van der Waals surface area contributed by atoms with Crippen LogP contribution in [-0.4, -0.2) is 21.8 Å². The van der Waals surface area contributed by atoms with Gasteiger partial charge in [-0.1, -0.05) is 6.42 Å². The molecule has 1 saturated heterocycles. The summed E-state index contributed by atoms with van der Waals surface area (Å²) in [5.74, 6) is 0.469. The number of rotatable bonds is 1. The van der Waals surface area contributed by atoms with Crippen LogP contribution < -0.4 is 0 Å². The molecule has 1 saturated carbocycles. The quantitative estimate of drug-likeness (QED) is 0.737. The zero-order chi connectivity index (χ0) is 10.1. The van der Waals surface area contributed by atoms with Crippen molar-refractivity contribution in [3.8, 4) is 0 Å². The molecule has 1 aliphatic carbocycles. The van der Waals surface area contributed by atoms with E-state index in [0.29, 0.717) is 6.61 Å². The van der Waals surface area contributed by atoms with Crippen molar-refractivity contribution in [2.24, 2.45) is 0 Å². The predicted octanol–water partition coefficient (Wildman–Crippen LogP) is 2.29. The Labute approximate surface area is 92.8 Å². The van der Waals surface area contributed by atoms with Gasteiger partial charge in [0.15, 0.2) is 11.6 Å². The van der Waals surface area contributed by atoms with E-state index in [4.69, 9.17) is 9.47 Å². The van der Waals surface area contributed by atoms with Crippen LogP contribution in [0.5, 0.6) is 0 Å². The molecule has 0 bridgehead atoms. The lowest BCUT2D eigenvalue weighted by atomic mass is 9.94. The van der Waals surface area contributed by atoms with E-state index in [-0.39, 0.29) is 11.9 Å². The van der Waals surface area contributed by atoms with Crippen LogP contribution in [0.2, 0.25) is 0 Å². The summed E-state index contributed by atoms with van der Waals surface area (Å²) in [4.78, 5) is 4.18. The summed E-state index contributed by atoms with van der Waals surface area (Å²) in [6.07, 6.45) is 5.71. The molecule has 0 unspecified atom stereocenters. The highest BCUT2D eigenvalue weighted by molar-refractivity contribution is 7.03. The summed E-state index contributed by atoms with van der Waals surface area (Å²) in [6, 6.07) is 0. The molecule has 0 N–H and O–H groups in total. The van der Waals surface area contributed by atoms with Crippen LogP contribution in [0.25, 0.3) is 0 Å². The van der Waals surface area contributed by atoms with Crippen molar-refractivity contribution in [1.29, 1.82) is 0 Å². The summed E-state index contributed by atoms with van der Waals surface area (Å²) in [6.45, 7) is 0.608. The summed E-state index contributed by atoms with van der Waals surface area (Å²) in [7, 11) is 0. The van der Waals surface area contributed by atoms with Crippen molar-refractivity contribution < 1.29 is 9.47 Å². The second-order valence-corrected chi connectivity index (χ2v) is 4.78. The first kappa shape index (κ1) is 9.69. The molecule has 2 heterocycles. The van der Waals surface area contributed by atoms with Gasteiger partial charge in [-0.3, -0.25) is 0 Å². The lowest BCUT2D eigenvalue weighted by molar-refractivity contribution is -0.188. The summed E-state index contributed by atoms with van der Waals surface area (Å²) in [5.41, 5.74) is 1.74. The Morgan fingerprint density at radius 1 is 1.33 bits per heavy atom. The Balaban J connectivity index is 1.72. The summed E-state index contributed by atoms with van der Waals surface area (Å²) >= 11 is 1.36. The Morgan fingerprint density at radius 3 is 2.93 bits per heavy atom. The Hall–Kier alpha value is -0.520. The molecule has 1 aromatic heterocycles. The van der Waals surface area contributed by atoms with Gasteiger partial charge in [0.05, 0.1) is 6.61 Å². The molecule has 2 aliphatic rings. The van der Waals surface area contributed by atoms with Crippen molar-refractivity contribution in [2.75, 3.05) is 6.61 Å². The largest absolute Gasteiger partial charge is 0.347 e. The van der Waals surface area contributed by atoms with Crippen LogP contribution in [-0.2, 0) is 9.47 Å². The van der Waals surface area contributed by atoms with E-state index in [1.165, 1.54) is 30.8 Å². The molecule has 5 heteroatoms. The normalized spacial score (nSPS) is 29.7. The molecule has 1 aliphatic heterocycles. The van der Waals surface area contributed by atoms with Gasteiger partial charge in [0.25, 0.3) is 0 Å². The van der Waals surface area contributed by atoms with Gasteiger partial charge in [-0.15, -0.1) is 0 Å². The predicted molar refractivity (Wildman–Crippen MR) is 55.5 cm³/mol. The molecule has 15 heavy (non-hydrogen) atoms. The SMILES string of the molecule is c1nc([C@H]2COC3(CCCCC3)O2)ns1. The van der Waals surface area contributed by atoms with E-state index in [0.717, 1.165) is 18.7 Å². The van der Waals surface area contributed by atoms with Gasteiger partial charge in [0.1, 0.15) is 11.6 Å². The highest BCUT2D eigenvalue weighted by atomic mass is 32.1. The average molecular weight is 226 g/mol. The van der Waals surface area contributed by atoms with Crippen LogP contribution >= 0.6 is 11.5 Å². The number of ether oxygens (including phenoxy) is 2. The minimum Gasteiger partial charge on any atom is -0.347 e. The van der Waals surface area contributed by atoms with Crippen molar-refractivity contribution in [3.63, 3.8) is 0 Å². The average Bonchev–Trinajstić information content (AvgIpc) is 2.88. The second-order valence-electron chi connectivity index (χ2n) is 4.18. The molecule has 3 rings (SSSR count). The van der Waals surface area contributed by atoms with Crippen LogP contribution in [0.15, 0.2) is 5.51 Å². The van der Waals surface area contributed by atoms with E-state index < -0.39 is 0 Å². The zero-order valence-electron chi connectivity index (χ0n) is 8.52. The molecule has 0 aromatic carbocycles. The molecule has 2 fully saturated rings. The lowest BCUT2D eigenvalue weighted by Gasteiger charge is -2.31. The van der Waals surface area contributed by atoms with E-state index in [2.05, 4.69) is 9.36 Å². The number of hydrogen-bond acceptors (Lipinski definition) is 5. The van der Waals surface area contributed by atoms with Crippen molar-refractivity contribution >= 4 is 11.5 Å². The highest BCUT2D eigenvalue weighted by Gasteiger charge is 2.43. The molecule has 0 radical (unpaired) electrons. The summed E-state index contributed by atoms with van der Waals surface area (Å²) in [5, 5.41) is 0. The lowest BCUT2D eigenvalue weighted by Crippen LogP contribution is -2.32. The number of aromatic nitrogens is 2. The first-order valence-corrected chi connectivity index (χ1v) is 6.30. The number of hydrogen-bond donors (Lipinski definition) is 0. The molecular weight excluding hydrogens is 212 g/mol. The van der Waals surface area contributed by atoms with Crippen LogP contribution in [0.4, 0.5) is 0 Å². The standard InChI is InChI=1S/C10H14N2O2S/c1-2-4-10(5-3-1)13-6-8(14-10)9-11-7-15-12-9/h7-8H,1-6H2/t8-/m1/s1. The molecule has 4 nitrogen and oxygen atoms in total. The third-order valence-corrected chi connectivity index (χ3v) is 3.63. The van der Waals surface area contributed by atoms with Gasteiger partial charge in [-0.2, -0.15) is 4.37 Å². The maximum absolute atomic E-state index is 5.99. The van der Waals surface area contributed by atoms with E-state index >= 15 is 0 Å². The maximum atomic E-state index is 5.99. The van der Waals surface area contributed by atoms with Crippen molar-refractivity contribution in [2.45, 2.75) is 44.0 Å². The molecule has 82 valence electrons. The molecule has 1 atom stereocenters. The Kier molecular flexibility index (Phi) is 2.46. The smallest absolute Gasteiger partial charge is 0.173 e. The third-order valence-electron chi connectivity index (χ3n) is 3.14. The van der Waals surface area contributed by atoms with Crippen LogP contribution in [0, 0.1) is 0 Å². The highest BCUT2D eigenvalue weighted by Crippen LogP contribution is 2.41. The zero-order valence-corrected chi connectivity index (χ0v) is 9.33. The van der Waals surface area contributed by atoms with Gasteiger partial charge in [0, 0.05) is 12.8 Å². The van der Waals surface area contributed by atoms with Crippen LogP contribution in [0.1, 0.15) is 44.0 Å². The van der Waals surface area contributed by atoms with Gasteiger partial charge < -0.3 is 9.47 Å². The van der Waals surface area contributed by atoms with Gasteiger partial charge in [0.2, 0.25) is 0 Å². The van der Waals surface area contributed by atoms with Gasteiger partial charge in [-0.05, 0) is 24.4 Å². The number of nitrogens with zero attached hydrogens (tertiary/aromatic N) is 2. The third kappa shape index (κ3) is 1.79. The maximum Gasteiger partial charge on any atom is 0.173 e. The molecule has 0 amide bonds. The van der Waals surface area contributed by atoms with Gasteiger partial charge >= 0.3 is 0 Å². The van der Waals surface area contributed by atoms with Crippen LogP contribution in [0.3, 0.4) is 0 Å². The van der Waals surface area contributed by atoms with Crippen molar-refractivity contribution in [1.82, 2.24) is 9.36 Å². The molecule has 1 aromatic rings. The first-order chi connectivity index (χ1) is 7.38. The second kappa shape index (κ2) is 3.81. The minimum atomic E-state index is -0.311. The Bertz CT molecular complexity index is 322. The minimum absolute atomic E-state index is 0.0469. The van der Waals surface area contributed by atoms with Crippen molar-refractivity contribution in [3.05, 3.63) is 11.3 Å². The first-order valence-electron chi connectivity index (χ1n) is 5.46. The molecule has 1 spiro atoms. The van der Waals surface area contributed by atoms with E-state index in [9.17, 15) is 0 Å². The monoisotopic (exact) mass is 226 g/mol. The molecular formula is C10H14N2O2S. The van der Waals surface area contributed by atoms with Gasteiger partial charge in [-0.25, -0.2) is 4.98 Å². The Morgan fingerprint density at radius 2 is 2.20 bits per heavy atom. The van der Waals surface area contributed by atoms with E-state index in [1.807, 2.05) is 0 Å². The topological polar surface area (TPSA) is 44.2 Å². The fraction of sp³-hybridized carbons (Fsp3) is 0.800. The summed E-state index contributed by atoms with van der Waals surface area (Å²) < 4.78 is 16.0. The fourth-order valence-corrected chi connectivity index (χ4v) is 2.83.